The van der Waals surface area contributed by atoms with Crippen molar-refractivity contribution in [2.45, 2.75) is 26.7 Å². The Labute approximate surface area is 112 Å². The molecule has 3 nitrogen and oxygen atoms in total. The number of nitrogens with zero attached hydrogens (tertiary/aromatic N) is 2. The summed E-state index contributed by atoms with van der Waals surface area (Å²) >= 11 is 0. The van der Waals surface area contributed by atoms with E-state index in [1.54, 1.807) is 19.9 Å². The molecule has 100 valence electrons. The predicted octanol–water partition coefficient (Wildman–Crippen LogP) is 3.32. The first-order valence-electron chi connectivity index (χ1n) is 6.46. The average molecular weight is 260 g/mol. The number of carbonyl (C=O) groups is 1. The van der Waals surface area contributed by atoms with E-state index in [2.05, 4.69) is 4.99 Å². The molecule has 1 aromatic carbocycles. The highest BCUT2D eigenvalue weighted by molar-refractivity contribution is 5.97. The monoisotopic (exact) mass is 260 g/mol. The number of aliphatic imine (C=N–C) groups is 1. The second-order valence-electron chi connectivity index (χ2n) is 4.33. The Morgan fingerprint density at radius 1 is 1.47 bits per heavy atom. The summed E-state index contributed by atoms with van der Waals surface area (Å²) in [4.78, 5) is 17.9. The van der Waals surface area contributed by atoms with Crippen molar-refractivity contribution in [2.24, 2.45) is 4.99 Å². The fourth-order valence-corrected chi connectivity index (χ4v) is 2.19. The third-order valence-corrected chi connectivity index (χ3v) is 3.16. The minimum absolute atomic E-state index is 0.143. The number of amides is 1. The molecule has 1 aliphatic heterocycles. The standard InChI is InChI=1S/C15H17FN2O/c1-3-13(16)14(17-4-2)18-10-9-11-7-5-6-8-12(11)15(18)19/h4-8H,3,9-10H2,1-2H3/b14-13-,17-4-. The third kappa shape index (κ3) is 2.57. The first kappa shape index (κ1) is 13.5. The van der Waals surface area contributed by atoms with Gasteiger partial charge in [0, 0.05) is 24.7 Å². The van der Waals surface area contributed by atoms with Crippen molar-refractivity contribution >= 4 is 12.1 Å². The van der Waals surface area contributed by atoms with Gasteiger partial charge in [0.1, 0.15) is 5.83 Å². The van der Waals surface area contributed by atoms with Gasteiger partial charge in [0.2, 0.25) is 0 Å². The second-order valence-corrected chi connectivity index (χ2v) is 4.33. The van der Waals surface area contributed by atoms with Crippen LogP contribution in [0.15, 0.2) is 40.9 Å². The molecule has 0 radical (unpaired) electrons. The van der Waals surface area contributed by atoms with E-state index in [4.69, 9.17) is 0 Å². The van der Waals surface area contributed by atoms with Crippen LogP contribution in [0.3, 0.4) is 0 Å². The second kappa shape index (κ2) is 5.78. The van der Waals surface area contributed by atoms with Crippen LogP contribution < -0.4 is 0 Å². The summed E-state index contributed by atoms with van der Waals surface area (Å²) in [5.74, 6) is -0.388. The predicted molar refractivity (Wildman–Crippen MR) is 73.8 cm³/mol. The quantitative estimate of drug-likeness (QED) is 0.767. The fourth-order valence-electron chi connectivity index (χ4n) is 2.19. The number of hydrogen-bond acceptors (Lipinski definition) is 2. The number of benzene rings is 1. The van der Waals surface area contributed by atoms with E-state index in [1.807, 2.05) is 18.2 Å². The van der Waals surface area contributed by atoms with Crippen molar-refractivity contribution in [2.75, 3.05) is 6.54 Å². The van der Waals surface area contributed by atoms with Crippen LogP contribution >= 0.6 is 0 Å². The van der Waals surface area contributed by atoms with Gasteiger partial charge in [-0.15, -0.1) is 0 Å². The number of fused-ring (bicyclic) bond motifs is 1. The van der Waals surface area contributed by atoms with Crippen LogP contribution in [0, 0.1) is 0 Å². The molecule has 1 aliphatic rings. The molecule has 2 rings (SSSR count). The van der Waals surface area contributed by atoms with E-state index in [0.29, 0.717) is 12.1 Å². The maximum atomic E-state index is 13.9. The van der Waals surface area contributed by atoms with E-state index < -0.39 is 0 Å². The normalized spacial score (nSPS) is 16.6. The van der Waals surface area contributed by atoms with Gasteiger partial charge in [0.05, 0.1) is 0 Å². The Kier molecular flexibility index (Phi) is 4.10. The Bertz CT molecular complexity index is 549. The molecular weight excluding hydrogens is 243 g/mol. The zero-order valence-corrected chi connectivity index (χ0v) is 11.2. The van der Waals surface area contributed by atoms with Crippen LogP contribution in [0.25, 0.3) is 0 Å². The van der Waals surface area contributed by atoms with E-state index in [1.165, 1.54) is 11.1 Å². The summed E-state index contributed by atoms with van der Waals surface area (Å²) in [7, 11) is 0. The van der Waals surface area contributed by atoms with Crippen LogP contribution in [0.2, 0.25) is 0 Å². The molecule has 19 heavy (non-hydrogen) atoms. The summed E-state index contributed by atoms with van der Waals surface area (Å²) < 4.78 is 13.9. The SMILES string of the molecule is C/C=N\C(=C(\F)CC)N1CCc2ccccc2C1=O. The fraction of sp³-hybridized carbons (Fsp3) is 0.333. The molecule has 0 N–H and O–H groups in total. The first-order chi connectivity index (χ1) is 9.19. The largest absolute Gasteiger partial charge is 0.290 e. The Morgan fingerprint density at radius 3 is 2.89 bits per heavy atom. The Hall–Kier alpha value is -1.97. The zero-order valence-electron chi connectivity index (χ0n) is 11.2. The van der Waals surface area contributed by atoms with Gasteiger partial charge in [-0.25, -0.2) is 9.38 Å². The van der Waals surface area contributed by atoms with Gasteiger partial charge in [-0.1, -0.05) is 25.1 Å². The maximum Gasteiger partial charge on any atom is 0.259 e. The third-order valence-electron chi connectivity index (χ3n) is 3.16. The lowest BCUT2D eigenvalue weighted by atomic mass is 9.99. The molecule has 0 spiro atoms. The van der Waals surface area contributed by atoms with E-state index >= 15 is 0 Å². The molecule has 0 saturated heterocycles. The van der Waals surface area contributed by atoms with Gasteiger partial charge in [-0.3, -0.25) is 9.69 Å². The number of halogens is 1. The van der Waals surface area contributed by atoms with Crippen molar-refractivity contribution in [3.8, 4) is 0 Å². The summed E-state index contributed by atoms with van der Waals surface area (Å²) in [5.41, 5.74) is 1.65. The number of allylic oxidation sites excluding steroid dienone is 1. The molecule has 4 heteroatoms. The molecule has 1 heterocycles. The van der Waals surface area contributed by atoms with Crippen LogP contribution in [0.1, 0.15) is 36.2 Å². The van der Waals surface area contributed by atoms with Crippen molar-refractivity contribution < 1.29 is 9.18 Å². The minimum Gasteiger partial charge on any atom is -0.290 e. The van der Waals surface area contributed by atoms with Crippen LogP contribution in [0.5, 0.6) is 0 Å². The van der Waals surface area contributed by atoms with Gasteiger partial charge in [-0.05, 0) is 25.0 Å². The number of rotatable bonds is 3. The molecule has 0 aliphatic carbocycles. The molecule has 0 unspecified atom stereocenters. The zero-order chi connectivity index (χ0) is 13.8. The molecule has 0 fully saturated rings. The van der Waals surface area contributed by atoms with E-state index in [9.17, 15) is 9.18 Å². The maximum absolute atomic E-state index is 13.9. The van der Waals surface area contributed by atoms with Crippen LogP contribution in [-0.4, -0.2) is 23.6 Å². The average Bonchev–Trinajstić information content (AvgIpc) is 2.45. The molecule has 0 saturated carbocycles. The van der Waals surface area contributed by atoms with Gasteiger partial charge in [-0.2, -0.15) is 0 Å². The highest BCUT2D eigenvalue weighted by atomic mass is 19.1. The lowest BCUT2D eigenvalue weighted by Crippen LogP contribution is -2.36. The lowest BCUT2D eigenvalue weighted by molar-refractivity contribution is 0.0785. The van der Waals surface area contributed by atoms with Crippen molar-refractivity contribution in [1.82, 2.24) is 4.90 Å². The Balaban J connectivity index is 2.41. The smallest absolute Gasteiger partial charge is 0.259 e. The van der Waals surface area contributed by atoms with Gasteiger partial charge in [0.25, 0.3) is 5.91 Å². The topological polar surface area (TPSA) is 32.7 Å². The summed E-state index contributed by atoms with van der Waals surface area (Å²) in [6, 6.07) is 7.45. The number of carbonyl (C=O) groups excluding carboxylic acids is 1. The summed E-state index contributed by atoms with van der Waals surface area (Å²) in [6.45, 7) is 3.89. The highest BCUT2D eigenvalue weighted by Gasteiger charge is 2.27. The van der Waals surface area contributed by atoms with Crippen LogP contribution in [-0.2, 0) is 6.42 Å². The molecule has 1 amide bonds. The van der Waals surface area contributed by atoms with Gasteiger partial charge < -0.3 is 0 Å². The lowest BCUT2D eigenvalue weighted by Gasteiger charge is -2.28. The molecule has 1 aromatic rings. The van der Waals surface area contributed by atoms with Crippen molar-refractivity contribution in [3.63, 3.8) is 0 Å². The molecule has 0 atom stereocenters. The summed E-state index contributed by atoms with van der Waals surface area (Å²) in [5, 5.41) is 0. The van der Waals surface area contributed by atoms with Gasteiger partial charge in [0.15, 0.2) is 5.82 Å². The molecule has 0 aromatic heterocycles. The van der Waals surface area contributed by atoms with E-state index in [0.717, 1.165) is 12.0 Å². The molecule has 0 bridgehead atoms. The Morgan fingerprint density at radius 2 is 2.21 bits per heavy atom. The van der Waals surface area contributed by atoms with Crippen molar-refractivity contribution in [3.05, 3.63) is 47.0 Å². The summed E-state index contributed by atoms with van der Waals surface area (Å²) in [6.07, 6.45) is 2.47. The minimum atomic E-state index is -0.356. The first-order valence-corrected chi connectivity index (χ1v) is 6.46. The van der Waals surface area contributed by atoms with Gasteiger partial charge >= 0.3 is 0 Å². The number of hydrogen-bond donors (Lipinski definition) is 0. The van der Waals surface area contributed by atoms with Crippen molar-refractivity contribution in [1.29, 1.82) is 0 Å². The van der Waals surface area contributed by atoms with E-state index in [-0.39, 0.29) is 24.0 Å². The molecular formula is C15H17FN2O. The van der Waals surface area contributed by atoms with Crippen LogP contribution in [0.4, 0.5) is 4.39 Å². The highest BCUT2D eigenvalue weighted by Crippen LogP contribution is 2.25.